The van der Waals surface area contributed by atoms with Crippen LogP contribution in [0.4, 0.5) is 0 Å². The van der Waals surface area contributed by atoms with Gasteiger partial charge in [-0.3, -0.25) is 0 Å². The zero-order valence-electron chi connectivity index (χ0n) is 12.2. The molecule has 112 valence electrons. The molecule has 2 aromatic heterocycles. The minimum atomic E-state index is -1.01. The summed E-state index contributed by atoms with van der Waals surface area (Å²) in [6.07, 6.45) is 1.64. The van der Waals surface area contributed by atoms with Crippen molar-refractivity contribution >= 4 is 16.9 Å². The van der Waals surface area contributed by atoms with E-state index in [9.17, 15) is 4.79 Å². The fraction of sp³-hybridized carbons (Fsp3) is 0.176. The largest absolute Gasteiger partial charge is 0.479 e. The molecule has 5 heteroatoms. The monoisotopic (exact) mass is 296 g/mol. The van der Waals surface area contributed by atoms with Crippen molar-refractivity contribution in [2.24, 2.45) is 0 Å². The number of nitrogens with zero attached hydrogens (tertiary/aromatic N) is 2. The van der Waals surface area contributed by atoms with Gasteiger partial charge < -0.3 is 14.4 Å². The predicted octanol–water partition coefficient (Wildman–Crippen LogP) is 2.86. The average molecular weight is 296 g/mol. The Hall–Kier alpha value is -2.82. The summed E-state index contributed by atoms with van der Waals surface area (Å²) in [5.41, 5.74) is 3.26. The van der Waals surface area contributed by atoms with Crippen LogP contribution >= 0.6 is 0 Å². The number of aliphatic carboxylic acids is 1. The molecule has 0 amide bonds. The van der Waals surface area contributed by atoms with Gasteiger partial charge in [-0.1, -0.05) is 30.3 Å². The lowest BCUT2D eigenvalue weighted by molar-refractivity contribution is -0.139. The van der Waals surface area contributed by atoms with E-state index in [4.69, 9.17) is 9.84 Å². The first-order valence-electron chi connectivity index (χ1n) is 6.98. The van der Waals surface area contributed by atoms with E-state index >= 15 is 0 Å². The summed E-state index contributed by atoms with van der Waals surface area (Å²) in [4.78, 5) is 14.8. The Bertz CT molecular complexity index is 809. The van der Waals surface area contributed by atoms with Crippen LogP contribution in [-0.2, 0) is 11.3 Å². The fourth-order valence-electron chi connectivity index (χ4n) is 2.51. The van der Waals surface area contributed by atoms with Crippen LogP contribution in [0.3, 0.4) is 0 Å². The molecule has 22 heavy (non-hydrogen) atoms. The van der Waals surface area contributed by atoms with Crippen molar-refractivity contribution in [2.75, 3.05) is 6.61 Å². The molecule has 2 heterocycles. The number of aromatic nitrogens is 2. The van der Waals surface area contributed by atoms with Gasteiger partial charge in [-0.05, 0) is 24.6 Å². The fourth-order valence-corrected chi connectivity index (χ4v) is 2.51. The van der Waals surface area contributed by atoms with E-state index in [1.807, 2.05) is 37.3 Å². The van der Waals surface area contributed by atoms with Crippen LogP contribution in [0, 0.1) is 6.92 Å². The number of rotatable bonds is 5. The van der Waals surface area contributed by atoms with Crippen molar-refractivity contribution in [3.05, 3.63) is 59.9 Å². The second kappa shape index (κ2) is 5.89. The Morgan fingerprint density at radius 1 is 1.27 bits per heavy atom. The molecule has 5 nitrogen and oxygen atoms in total. The molecule has 0 bridgehead atoms. The second-order valence-electron chi connectivity index (χ2n) is 5.09. The summed E-state index contributed by atoms with van der Waals surface area (Å²) in [7, 11) is 0. The van der Waals surface area contributed by atoms with Gasteiger partial charge in [-0.2, -0.15) is 0 Å². The highest BCUT2D eigenvalue weighted by atomic mass is 16.5. The SMILES string of the molecule is Cc1cc2c(OCC(=O)O)nccc2n1Cc1ccccc1. The van der Waals surface area contributed by atoms with Crippen LogP contribution in [0.1, 0.15) is 11.3 Å². The lowest BCUT2D eigenvalue weighted by Gasteiger charge is -2.09. The molecule has 0 aliphatic heterocycles. The maximum absolute atomic E-state index is 10.7. The number of carboxylic acid groups (broad SMARTS) is 1. The molecule has 0 saturated carbocycles. The normalized spacial score (nSPS) is 10.8. The number of hydrogen-bond acceptors (Lipinski definition) is 3. The topological polar surface area (TPSA) is 64.3 Å². The first kappa shape index (κ1) is 14.1. The maximum Gasteiger partial charge on any atom is 0.341 e. The minimum Gasteiger partial charge on any atom is -0.479 e. The number of hydrogen-bond donors (Lipinski definition) is 1. The van der Waals surface area contributed by atoms with Gasteiger partial charge in [0.2, 0.25) is 5.88 Å². The quantitative estimate of drug-likeness (QED) is 0.786. The van der Waals surface area contributed by atoms with Crippen LogP contribution in [0.2, 0.25) is 0 Å². The first-order valence-corrected chi connectivity index (χ1v) is 6.98. The molecular weight excluding hydrogens is 280 g/mol. The smallest absolute Gasteiger partial charge is 0.341 e. The van der Waals surface area contributed by atoms with Gasteiger partial charge in [0.05, 0.1) is 10.9 Å². The Labute approximate surface area is 127 Å². The van der Waals surface area contributed by atoms with Gasteiger partial charge in [-0.25, -0.2) is 9.78 Å². The molecule has 0 fully saturated rings. The zero-order valence-corrected chi connectivity index (χ0v) is 12.2. The third-order valence-corrected chi connectivity index (χ3v) is 3.52. The van der Waals surface area contributed by atoms with Gasteiger partial charge >= 0.3 is 5.97 Å². The number of benzene rings is 1. The summed E-state index contributed by atoms with van der Waals surface area (Å²) in [6, 6.07) is 14.1. The van der Waals surface area contributed by atoms with Gasteiger partial charge in [0.15, 0.2) is 6.61 Å². The Morgan fingerprint density at radius 3 is 2.77 bits per heavy atom. The summed E-state index contributed by atoms with van der Waals surface area (Å²) >= 11 is 0. The van der Waals surface area contributed by atoms with Gasteiger partial charge in [0.25, 0.3) is 0 Å². The molecule has 0 aliphatic carbocycles. The van der Waals surface area contributed by atoms with Crippen molar-refractivity contribution in [1.82, 2.24) is 9.55 Å². The van der Waals surface area contributed by atoms with E-state index in [0.717, 1.165) is 23.1 Å². The van der Waals surface area contributed by atoms with Crippen molar-refractivity contribution in [2.45, 2.75) is 13.5 Å². The Morgan fingerprint density at radius 2 is 2.05 bits per heavy atom. The first-order chi connectivity index (χ1) is 10.6. The summed E-state index contributed by atoms with van der Waals surface area (Å²) in [5.74, 6) is -0.658. The van der Waals surface area contributed by atoms with Crippen molar-refractivity contribution in [1.29, 1.82) is 0 Å². The third kappa shape index (κ3) is 2.79. The van der Waals surface area contributed by atoms with Crippen LogP contribution in [0.25, 0.3) is 10.9 Å². The van der Waals surface area contributed by atoms with Crippen molar-refractivity contribution in [3.63, 3.8) is 0 Å². The minimum absolute atomic E-state index is 0.356. The molecule has 0 radical (unpaired) electrons. The van der Waals surface area contributed by atoms with Crippen LogP contribution in [-0.4, -0.2) is 27.2 Å². The van der Waals surface area contributed by atoms with E-state index < -0.39 is 12.6 Å². The molecule has 0 spiro atoms. The van der Waals surface area contributed by atoms with E-state index in [0.29, 0.717) is 5.88 Å². The van der Waals surface area contributed by atoms with E-state index in [1.54, 1.807) is 6.20 Å². The molecule has 0 aliphatic rings. The highest BCUT2D eigenvalue weighted by Gasteiger charge is 2.12. The highest BCUT2D eigenvalue weighted by molar-refractivity contribution is 5.86. The van der Waals surface area contributed by atoms with E-state index in [-0.39, 0.29) is 0 Å². The molecule has 3 rings (SSSR count). The van der Waals surface area contributed by atoms with E-state index in [1.165, 1.54) is 5.56 Å². The standard InChI is InChI=1S/C17H16N2O3/c1-12-9-14-15(7-8-18-17(14)22-11-16(20)21)19(12)10-13-5-3-2-4-6-13/h2-9H,10-11H2,1H3,(H,20,21). The number of pyridine rings is 1. The van der Waals surface area contributed by atoms with Crippen molar-refractivity contribution < 1.29 is 14.6 Å². The number of aryl methyl sites for hydroxylation is 1. The third-order valence-electron chi connectivity index (χ3n) is 3.52. The van der Waals surface area contributed by atoms with E-state index in [2.05, 4.69) is 21.7 Å². The van der Waals surface area contributed by atoms with Crippen LogP contribution in [0.15, 0.2) is 48.7 Å². The molecular formula is C17H16N2O3. The van der Waals surface area contributed by atoms with Crippen molar-refractivity contribution in [3.8, 4) is 5.88 Å². The molecule has 0 saturated heterocycles. The number of carboxylic acids is 1. The zero-order chi connectivity index (χ0) is 15.5. The summed E-state index contributed by atoms with van der Waals surface area (Å²) < 4.78 is 7.44. The molecule has 1 aromatic carbocycles. The second-order valence-corrected chi connectivity index (χ2v) is 5.09. The van der Waals surface area contributed by atoms with Crippen LogP contribution < -0.4 is 4.74 Å². The van der Waals surface area contributed by atoms with Gasteiger partial charge in [0, 0.05) is 18.4 Å². The Kier molecular flexibility index (Phi) is 3.78. The number of fused-ring (bicyclic) bond motifs is 1. The molecule has 0 unspecified atom stereocenters. The summed E-state index contributed by atoms with van der Waals surface area (Å²) in [6.45, 7) is 2.37. The lowest BCUT2D eigenvalue weighted by Crippen LogP contribution is -2.10. The molecule has 0 atom stereocenters. The summed E-state index contributed by atoms with van der Waals surface area (Å²) in [5, 5.41) is 9.57. The number of carbonyl (C=O) groups is 1. The molecule has 3 aromatic rings. The Balaban J connectivity index is 1.99. The highest BCUT2D eigenvalue weighted by Crippen LogP contribution is 2.27. The van der Waals surface area contributed by atoms with Gasteiger partial charge in [-0.15, -0.1) is 0 Å². The maximum atomic E-state index is 10.7. The lowest BCUT2D eigenvalue weighted by atomic mass is 10.2. The van der Waals surface area contributed by atoms with Gasteiger partial charge in [0.1, 0.15) is 0 Å². The number of ether oxygens (including phenoxy) is 1. The average Bonchev–Trinajstić information content (AvgIpc) is 2.83. The van der Waals surface area contributed by atoms with Crippen LogP contribution in [0.5, 0.6) is 5.88 Å². The molecule has 1 N–H and O–H groups in total. The predicted molar refractivity (Wildman–Crippen MR) is 83.1 cm³/mol.